The van der Waals surface area contributed by atoms with Crippen molar-refractivity contribution in [1.82, 2.24) is 34.2 Å². The van der Waals surface area contributed by atoms with Gasteiger partial charge in [0, 0.05) is 64.9 Å². The van der Waals surface area contributed by atoms with Crippen LogP contribution in [0.4, 0.5) is 11.4 Å². The van der Waals surface area contributed by atoms with Crippen LogP contribution in [-0.4, -0.2) is 94.2 Å². The summed E-state index contributed by atoms with van der Waals surface area (Å²) in [5, 5.41) is 26.5. The number of nitriles is 2. The normalized spacial score (nSPS) is 12.4. The molecule has 2 aromatic carbocycles. The molecule has 11 rings (SSSR count). The summed E-state index contributed by atoms with van der Waals surface area (Å²) in [5.41, 5.74) is 23.5. The molecule has 0 atom stereocenters. The van der Waals surface area contributed by atoms with Gasteiger partial charge in [0.2, 0.25) is 11.8 Å². The summed E-state index contributed by atoms with van der Waals surface area (Å²) in [6, 6.07) is 36.3. The van der Waals surface area contributed by atoms with Crippen molar-refractivity contribution in [2.45, 2.75) is 52.6 Å². The van der Waals surface area contributed by atoms with Crippen molar-refractivity contribution >= 4 is 106 Å². The molecule has 0 spiro atoms. The van der Waals surface area contributed by atoms with E-state index in [1.807, 2.05) is 41.3 Å². The Bertz CT molecular complexity index is 3810. The number of hydrogen-bond acceptors (Lipinski definition) is 12. The molecule has 0 saturated heterocycles. The Balaban J connectivity index is 0.000000153. The summed E-state index contributed by atoms with van der Waals surface area (Å²) in [5.74, 6) is -1.55. The van der Waals surface area contributed by atoms with E-state index in [1.54, 1.807) is 118 Å². The van der Waals surface area contributed by atoms with Gasteiger partial charge in [0.1, 0.15) is 4.60 Å². The number of nitrogens with zero attached hydrogens (tertiary/aromatic N) is 11. The van der Waals surface area contributed by atoms with E-state index >= 15 is 0 Å². The predicted molar refractivity (Wildman–Crippen MR) is 308 cm³/mol. The first kappa shape index (κ1) is 56.6. The van der Waals surface area contributed by atoms with E-state index in [-0.39, 0.29) is 23.9 Å². The molecule has 7 aromatic heterocycles. The molecule has 396 valence electrons. The third-order valence-corrected chi connectivity index (χ3v) is 18.8. The molecule has 2 aliphatic rings. The molecule has 5 amide bonds. The molecule has 19 nitrogen and oxygen atoms in total. The average molecular weight is 1290 g/mol. The number of carbonyl (C=O) groups excluding carboxylic acids is 5. The summed E-state index contributed by atoms with van der Waals surface area (Å²) in [4.78, 5) is 82.0. The van der Waals surface area contributed by atoms with Crippen LogP contribution in [0.2, 0.25) is 14.8 Å². The van der Waals surface area contributed by atoms with Crippen LogP contribution in [0, 0.1) is 22.7 Å². The van der Waals surface area contributed by atoms with Gasteiger partial charge in [0.25, 0.3) is 11.8 Å². The molecule has 2 saturated carbocycles. The van der Waals surface area contributed by atoms with E-state index in [1.165, 1.54) is 16.1 Å². The van der Waals surface area contributed by atoms with E-state index in [2.05, 4.69) is 84.0 Å². The summed E-state index contributed by atoms with van der Waals surface area (Å²) in [6.45, 7) is 0. The number of hydrogen-bond donors (Lipinski definition) is 3. The Morgan fingerprint density at radius 3 is 1.39 bits per heavy atom. The summed E-state index contributed by atoms with van der Waals surface area (Å²) in [7, 11) is 0. The second kappa shape index (κ2) is 24.8. The predicted octanol–water partition coefficient (Wildman–Crippen LogP) is 8.62. The number of primary amides is 3. The molecular weight excluding hydrogens is 1240 g/mol. The Hall–Kier alpha value is -8.64. The monoisotopic (exact) mass is 1290 g/mol. The van der Waals surface area contributed by atoms with E-state index in [0.29, 0.717) is 49.2 Å². The topological polar surface area (TPSA) is 291 Å². The third-order valence-electron chi connectivity index (χ3n) is 12.5. The second-order valence-corrected chi connectivity index (χ2v) is 35.2. The molecule has 6 N–H and O–H groups in total. The fraction of sp³-hybridized carbons (Fsp3) is 0.158. The number of fused-ring (bicyclic) bond motifs is 2. The number of pyridine rings is 5. The van der Waals surface area contributed by atoms with Gasteiger partial charge in [-0.1, -0.05) is 0 Å². The van der Waals surface area contributed by atoms with E-state index < -0.39 is 36.1 Å². The second-order valence-electron chi connectivity index (χ2n) is 19.2. The van der Waals surface area contributed by atoms with Crippen LogP contribution in [0.1, 0.15) is 88.6 Å². The van der Waals surface area contributed by atoms with Crippen LogP contribution in [0.3, 0.4) is 0 Å². The molecule has 2 fully saturated rings. The van der Waals surface area contributed by atoms with Gasteiger partial charge in [-0.05, 0) is 155 Å². The molecule has 79 heavy (non-hydrogen) atoms. The van der Waals surface area contributed by atoms with Crippen molar-refractivity contribution in [2.24, 2.45) is 17.2 Å². The fourth-order valence-corrected chi connectivity index (χ4v) is 11.5. The van der Waals surface area contributed by atoms with E-state index in [9.17, 15) is 24.0 Å². The minimum absolute atomic E-state index is 0.0298. The molecule has 0 unspecified atom stereocenters. The van der Waals surface area contributed by atoms with Crippen molar-refractivity contribution in [3.63, 3.8) is 0 Å². The quantitative estimate of drug-likeness (QED) is 0.0810. The van der Waals surface area contributed by atoms with Gasteiger partial charge in [-0.2, -0.15) is 20.7 Å². The Labute approximate surface area is 474 Å². The Morgan fingerprint density at radius 1 is 0.544 bits per heavy atom. The number of aromatic nitrogens is 7. The standard InChI is InChI=1S/C24H18N6O2.C18H13BrN4O.C6H5BrN2O.C6H5N2O.3CH3.Sn/c25-12-15-1-4-18(5-2-15)30(19-6-7-19)24(32)16-9-10-29-22(11-16)20(14-28-29)21-8-3-17(13-27-21)23(26)31;19-16-11-21-22-8-7-13(9-17(16)22)18(24)23(15-5-6-15)14-3-1-12(10-20)2-4-14;7-5-2-1-4(3-9-5)6(8)10;7-6(9)5-2-1-3-8-4-5;;;;/h1-5,8-11,13-14,19H,6-7H2,(H2,26,31);1-4,7-9,11,15H,5-6H2;1-3H,(H2,8,10);1-2,4H,(H2,7,9);3*1H3;. The molecule has 0 radical (unpaired) electrons. The van der Waals surface area contributed by atoms with Crippen molar-refractivity contribution in [1.29, 1.82) is 10.5 Å². The molecule has 0 aliphatic heterocycles. The molecule has 9 aromatic rings. The van der Waals surface area contributed by atoms with Gasteiger partial charge in [0.05, 0.1) is 68.0 Å². The first-order valence-corrected chi connectivity index (χ1v) is 36.1. The molecule has 22 heteroatoms. The molecule has 2 aliphatic carbocycles. The first-order chi connectivity index (χ1) is 37.8. The fourth-order valence-electron chi connectivity index (χ4n) is 7.92. The zero-order chi connectivity index (χ0) is 56.5. The van der Waals surface area contributed by atoms with Crippen LogP contribution in [-0.2, 0) is 0 Å². The van der Waals surface area contributed by atoms with E-state index in [4.69, 9.17) is 27.7 Å². The van der Waals surface area contributed by atoms with Crippen LogP contribution in [0.25, 0.3) is 22.3 Å². The Kier molecular flexibility index (Phi) is 17.7. The van der Waals surface area contributed by atoms with Gasteiger partial charge in [-0.15, -0.1) is 0 Å². The number of anilines is 2. The van der Waals surface area contributed by atoms with E-state index in [0.717, 1.165) is 58.1 Å². The maximum absolute atomic E-state index is 13.5. The van der Waals surface area contributed by atoms with Gasteiger partial charge in [0.15, 0.2) is 0 Å². The Morgan fingerprint density at radius 2 is 0.987 bits per heavy atom. The summed E-state index contributed by atoms with van der Waals surface area (Å²) < 4.78 is 6.12. The van der Waals surface area contributed by atoms with Crippen LogP contribution >= 0.6 is 31.9 Å². The maximum atomic E-state index is 13.5. The number of benzene rings is 2. The number of nitrogens with two attached hydrogens (primary N) is 3. The van der Waals surface area contributed by atoms with Gasteiger partial charge in [-0.3, -0.25) is 24.2 Å². The van der Waals surface area contributed by atoms with Crippen LogP contribution in [0.5, 0.6) is 0 Å². The van der Waals surface area contributed by atoms with Gasteiger partial charge >= 0.3 is 82.2 Å². The zero-order valence-electron chi connectivity index (χ0n) is 42.9. The SMILES string of the molecule is N#Cc1ccc(N(C(=O)c2ccn3ncc(-c4ccc(C(N)=O)cn4)c3c2)C2CC2)cc1.N#Cc1ccc(N(C(=O)c2ccn3ncc(Br)c3c2)C2CC2)cc1.NC(=O)c1ccc(Br)nc1.[CH3][Sn]([CH3])([CH3])[c]1ccc(C(N)=O)cn1. The van der Waals surface area contributed by atoms with Gasteiger partial charge in [-0.25, -0.2) is 14.0 Å². The number of rotatable bonds is 11. The number of halogens is 2. The third kappa shape index (κ3) is 14.1. The van der Waals surface area contributed by atoms with Crippen molar-refractivity contribution in [3.05, 3.63) is 201 Å². The summed E-state index contributed by atoms with van der Waals surface area (Å²) in [6.07, 6.45) is 15.2. The zero-order valence-corrected chi connectivity index (χ0v) is 48.9. The van der Waals surface area contributed by atoms with Crippen molar-refractivity contribution in [3.8, 4) is 23.4 Å². The summed E-state index contributed by atoms with van der Waals surface area (Å²) >= 11 is 4.53. The average Bonchev–Trinajstić information content (AvgIpc) is 4.53. The molecule has 7 heterocycles. The number of carbonyl (C=O) groups is 5. The first-order valence-electron chi connectivity index (χ1n) is 24.5. The van der Waals surface area contributed by atoms with Crippen LogP contribution < -0.4 is 30.7 Å². The van der Waals surface area contributed by atoms with Crippen molar-refractivity contribution in [2.75, 3.05) is 9.80 Å². The van der Waals surface area contributed by atoms with Crippen LogP contribution in [0.15, 0.2) is 162 Å². The minimum atomic E-state index is -2.05. The molecule has 0 bridgehead atoms. The van der Waals surface area contributed by atoms with Crippen molar-refractivity contribution < 1.29 is 24.0 Å². The molecular formula is C57H50Br2N14O5Sn. The number of amides is 5. The van der Waals surface area contributed by atoms with Gasteiger partial charge < -0.3 is 21.3 Å².